The van der Waals surface area contributed by atoms with Gasteiger partial charge in [0.1, 0.15) is 24.4 Å². The molecule has 2 amide bonds. The van der Waals surface area contributed by atoms with Crippen LogP contribution in [0.2, 0.25) is 0 Å². The molecule has 7 heteroatoms. The van der Waals surface area contributed by atoms with Crippen molar-refractivity contribution < 1.29 is 19.1 Å². The first kappa shape index (κ1) is 24.9. The molecule has 0 radical (unpaired) electrons. The molecule has 3 aliphatic rings. The van der Waals surface area contributed by atoms with Crippen molar-refractivity contribution >= 4 is 23.3 Å². The Morgan fingerprint density at radius 3 is 2.44 bits per heavy atom. The van der Waals surface area contributed by atoms with Gasteiger partial charge < -0.3 is 15.0 Å². The van der Waals surface area contributed by atoms with Crippen molar-refractivity contribution in [3.8, 4) is 0 Å². The fourth-order valence-electron chi connectivity index (χ4n) is 5.96. The number of quaternary nitrogens is 1. The number of Topliss-reactive ketones (excluding diaryl/α,β-unsaturated/α-hetero) is 1. The largest absolute Gasteiger partial charge is 0.368 e. The normalized spacial score (nSPS) is 25.2. The number of hydrogen-bond acceptors (Lipinski definition) is 4. The van der Waals surface area contributed by atoms with Gasteiger partial charge in [0, 0.05) is 12.1 Å². The van der Waals surface area contributed by atoms with E-state index in [1.165, 1.54) is 24.9 Å². The summed E-state index contributed by atoms with van der Waals surface area (Å²) in [4.78, 5) is 40.7. The number of piperidine rings is 1. The number of hydrogen-bond donors (Lipinski definition) is 1. The number of fused-ring (bicyclic) bond motifs is 1. The standard InChI is InChI=1S/C27H39N3O4/c1-5-15-30(16-7-6-8-17-30)20-11-9-19(10-12-20)25(32)28-24(27(2,3)4)26(33)29-14-13-22-23(29)21(31)18-34-22/h9-12,22-24H,5-8,13-18H2,1-4H3/p+1/t22-,23-,24-/m1/s1. The highest BCUT2D eigenvalue weighted by molar-refractivity contribution is 5.99. The molecule has 34 heavy (non-hydrogen) atoms. The van der Waals surface area contributed by atoms with Crippen LogP contribution in [0.25, 0.3) is 0 Å². The molecule has 186 valence electrons. The molecule has 7 nitrogen and oxygen atoms in total. The fourth-order valence-corrected chi connectivity index (χ4v) is 5.96. The molecule has 0 aromatic heterocycles. The highest BCUT2D eigenvalue weighted by Gasteiger charge is 2.49. The highest BCUT2D eigenvalue weighted by Crippen LogP contribution is 2.32. The minimum absolute atomic E-state index is 0.0488. The van der Waals surface area contributed by atoms with Crippen molar-refractivity contribution in [3.63, 3.8) is 0 Å². The van der Waals surface area contributed by atoms with Gasteiger partial charge in [-0.1, -0.05) is 27.7 Å². The van der Waals surface area contributed by atoms with Gasteiger partial charge in [0.05, 0.1) is 25.7 Å². The van der Waals surface area contributed by atoms with Crippen LogP contribution in [0.1, 0.15) is 70.2 Å². The highest BCUT2D eigenvalue weighted by atomic mass is 16.5. The van der Waals surface area contributed by atoms with Crippen molar-refractivity contribution in [1.82, 2.24) is 14.7 Å². The molecule has 3 aliphatic heterocycles. The molecule has 0 aliphatic carbocycles. The third-order valence-electron chi connectivity index (χ3n) is 7.78. The van der Waals surface area contributed by atoms with Gasteiger partial charge in [-0.3, -0.25) is 18.9 Å². The molecule has 0 spiro atoms. The maximum absolute atomic E-state index is 13.5. The number of likely N-dealkylation sites (tertiary alicyclic amines) is 2. The minimum Gasteiger partial charge on any atom is -0.368 e. The van der Waals surface area contributed by atoms with Crippen LogP contribution in [0.3, 0.4) is 0 Å². The van der Waals surface area contributed by atoms with Gasteiger partial charge in [0.15, 0.2) is 5.78 Å². The van der Waals surface area contributed by atoms with Crippen LogP contribution in [-0.4, -0.2) is 73.5 Å². The van der Waals surface area contributed by atoms with Gasteiger partial charge in [-0.25, -0.2) is 0 Å². The first-order valence-electron chi connectivity index (χ1n) is 12.9. The van der Waals surface area contributed by atoms with Crippen LogP contribution in [0.4, 0.5) is 5.69 Å². The lowest BCUT2D eigenvalue weighted by atomic mass is 9.85. The van der Waals surface area contributed by atoms with E-state index in [0.29, 0.717) is 18.5 Å². The summed E-state index contributed by atoms with van der Waals surface area (Å²) < 4.78 is 6.53. The van der Waals surface area contributed by atoms with E-state index in [1.807, 2.05) is 32.9 Å². The van der Waals surface area contributed by atoms with Crippen molar-refractivity contribution in [2.24, 2.45) is 5.41 Å². The zero-order valence-corrected chi connectivity index (χ0v) is 21.1. The molecule has 1 N–H and O–H groups in total. The van der Waals surface area contributed by atoms with Crippen molar-refractivity contribution in [1.29, 1.82) is 0 Å². The summed E-state index contributed by atoms with van der Waals surface area (Å²) in [6, 6.07) is 6.70. The van der Waals surface area contributed by atoms with Crippen LogP contribution in [0.15, 0.2) is 24.3 Å². The van der Waals surface area contributed by atoms with Crippen molar-refractivity contribution in [2.45, 2.75) is 78.0 Å². The van der Waals surface area contributed by atoms with E-state index in [-0.39, 0.29) is 30.3 Å². The summed E-state index contributed by atoms with van der Waals surface area (Å²) in [5.41, 5.74) is 1.32. The van der Waals surface area contributed by atoms with Crippen LogP contribution in [0, 0.1) is 5.41 Å². The summed E-state index contributed by atoms with van der Waals surface area (Å²) in [5, 5.41) is 2.99. The maximum atomic E-state index is 13.5. The Kier molecular flexibility index (Phi) is 7.15. The summed E-state index contributed by atoms with van der Waals surface area (Å²) in [6.07, 6.45) is 5.35. The predicted molar refractivity (Wildman–Crippen MR) is 133 cm³/mol. The van der Waals surface area contributed by atoms with Gasteiger partial charge in [0.25, 0.3) is 5.91 Å². The minimum atomic E-state index is -0.729. The Bertz CT molecular complexity index is 909. The SMILES string of the molecule is CCC[N+]1(c2ccc(C(=O)N[C@H](C(=O)N3CC[C@H]4OCC(=O)[C@H]43)C(C)(C)C)cc2)CCCCC1. The molecule has 3 atom stereocenters. The first-order valence-corrected chi connectivity index (χ1v) is 12.9. The average Bonchev–Trinajstić information content (AvgIpc) is 3.40. The molecule has 1 aromatic carbocycles. The number of nitrogens with zero attached hydrogens (tertiary/aromatic N) is 2. The summed E-state index contributed by atoms with van der Waals surface area (Å²) in [7, 11) is 0. The van der Waals surface area contributed by atoms with E-state index in [2.05, 4.69) is 24.4 Å². The van der Waals surface area contributed by atoms with E-state index in [4.69, 9.17) is 4.74 Å². The Hall–Kier alpha value is -2.25. The average molecular weight is 471 g/mol. The molecule has 1 aromatic rings. The second kappa shape index (κ2) is 9.78. The number of carbonyl (C=O) groups excluding carboxylic acids is 3. The summed E-state index contributed by atoms with van der Waals surface area (Å²) in [6.45, 7) is 12.0. The molecule has 3 saturated heterocycles. The lowest BCUT2D eigenvalue weighted by Crippen LogP contribution is -2.57. The zero-order chi connectivity index (χ0) is 24.5. The Morgan fingerprint density at radius 2 is 1.82 bits per heavy atom. The molecule has 0 unspecified atom stereocenters. The Morgan fingerprint density at radius 1 is 1.15 bits per heavy atom. The van der Waals surface area contributed by atoms with Crippen LogP contribution >= 0.6 is 0 Å². The van der Waals surface area contributed by atoms with Crippen LogP contribution < -0.4 is 9.80 Å². The lowest BCUT2D eigenvalue weighted by molar-refractivity contribution is -0.140. The number of nitrogens with one attached hydrogen (secondary N) is 1. The van der Waals surface area contributed by atoms with Crippen molar-refractivity contribution in [3.05, 3.63) is 29.8 Å². The molecule has 4 rings (SSSR count). The Balaban J connectivity index is 1.50. The monoisotopic (exact) mass is 470 g/mol. The molecular weight excluding hydrogens is 430 g/mol. The van der Waals surface area contributed by atoms with Gasteiger partial charge >= 0.3 is 0 Å². The second-order valence-electron chi connectivity index (χ2n) is 11.3. The number of carbonyl (C=O) groups is 3. The zero-order valence-electron chi connectivity index (χ0n) is 21.1. The third-order valence-corrected chi connectivity index (χ3v) is 7.78. The quantitative estimate of drug-likeness (QED) is 0.648. The van der Waals surface area contributed by atoms with Gasteiger partial charge in [-0.2, -0.15) is 0 Å². The van der Waals surface area contributed by atoms with Gasteiger partial charge in [-0.05, 0) is 61.8 Å². The molecule has 0 bridgehead atoms. The number of ether oxygens (including phenoxy) is 1. The number of rotatable bonds is 6. The number of benzene rings is 1. The first-order chi connectivity index (χ1) is 16.2. The molecular formula is C27H40N3O4+. The van der Waals surface area contributed by atoms with Crippen molar-refractivity contribution in [2.75, 3.05) is 32.8 Å². The molecule has 3 fully saturated rings. The van der Waals surface area contributed by atoms with Gasteiger partial charge in [-0.15, -0.1) is 0 Å². The molecule has 3 heterocycles. The van der Waals surface area contributed by atoms with E-state index in [1.54, 1.807) is 4.90 Å². The van der Waals surface area contributed by atoms with Crippen LogP contribution in [0.5, 0.6) is 0 Å². The van der Waals surface area contributed by atoms with E-state index < -0.39 is 17.5 Å². The number of amides is 2. The number of ketones is 1. The van der Waals surface area contributed by atoms with E-state index in [9.17, 15) is 14.4 Å². The van der Waals surface area contributed by atoms with E-state index >= 15 is 0 Å². The lowest BCUT2D eigenvalue weighted by Gasteiger charge is -2.41. The van der Waals surface area contributed by atoms with E-state index in [0.717, 1.165) is 30.5 Å². The Labute approximate surface area is 203 Å². The summed E-state index contributed by atoms with van der Waals surface area (Å²) >= 11 is 0. The van der Waals surface area contributed by atoms with Crippen LogP contribution in [-0.2, 0) is 14.3 Å². The third kappa shape index (κ3) is 4.78. The predicted octanol–water partition coefficient (Wildman–Crippen LogP) is 3.30. The summed E-state index contributed by atoms with van der Waals surface area (Å²) in [5.74, 6) is -0.512. The maximum Gasteiger partial charge on any atom is 0.251 e. The van der Waals surface area contributed by atoms with Gasteiger partial charge in [0.2, 0.25) is 5.91 Å². The smallest absolute Gasteiger partial charge is 0.251 e. The molecule has 0 saturated carbocycles. The second-order valence-corrected chi connectivity index (χ2v) is 11.3. The fraction of sp³-hybridized carbons (Fsp3) is 0.667. The topological polar surface area (TPSA) is 75.7 Å².